The standard InChI is InChI=1S/C19H13BrClFN2O3S/c20-18-9-6-13(22)10-17(18)19(25)23-15-2-1-3-16(11-15)28(26,27)24-14-7-4-12(21)5-8-14/h1-11,24H,(H,23,25). The number of halogens is 3. The molecule has 3 aromatic rings. The molecule has 0 atom stereocenters. The van der Waals surface area contributed by atoms with E-state index in [4.69, 9.17) is 11.6 Å². The Morgan fingerprint density at radius 3 is 2.39 bits per heavy atom. The highest BCUT2D eigenvalue weighted by molar-refractivity contribution is 9.10. The summed E-state index contributed by atoms with van der Waals surface area (Å²) in [5.41, 5.74) is 0.690. The van der Waals surface area contributed by atoms with Gasteiger partial charge in [0.25, 0.3) is 15.9 Å². The molecule has 0 aliphatic rings. The monoisotopic (exact) mass is 482 g/mol. The molecule has 0 aliphatic carbocycles. The third-order valence-electron chi connectivity index (χ3n) is 3.67. The van der Waals surface area contributed by atoms with Crippen LogP contribution >= 0.6 is 27.5 Å². The summed E-state index contributed by atoms with van der Waals surface area (Å²) < 4.78 is 41.4. The Labute approximate surface area is 174 Å². The predicted molar refractivity (Wildman–Crippen MR) is 111 cm³/mol. The van der Waals surface area contributed by atoms with Crippen LogP contribution in [0.15, 0.2) is 76.1 Å². The highest BCUT2D eigenvalue weighted by Crippen LogP contribution is 2.23. The van der Waals surface area contributed by atoms with E-state index < -0.39 is 21.7 Å². The van der Waals surface area contributed by atoms with E-state index in [0.29, 0.717) is 15.2 Å². The number of amides is 1. The van der Waals surface area contributed by atoms with E-state index in [0.717, 1.165) is 6.07 Å². The first-order valence-corrected chi connectivity index (χ1v) is 10.5. The summed E-state index contributed by atoms with van der Waals surface area (Å²) in [4.78, 5) is 12.3. The topological polar surface area (TPSA) is 75.3 Å². The number of sulfonamides is 1. The van der Waals surface area contributed by atoms with Gasteiger partial charge >= 0.3 is 0 Å². The second-order valence-electron chi connectivity index (χ2n) is 5.72. The van der Waals surface area contributed by atoms with Crippen molar-refractivity contribution in [2.75, 3.05) is 10.0 Å². The van der Waals surface area contributed by atoms with Crippen LogP contribution in [0.3, 0.4) is 0 Å². The fraction of sp³-hybridized carbons (Fsp3) is 0. The minimum absolute atomic E-state index is 0.0430. The third-order valence-corrected chi connectivity index (χ3v) is 5.99. The van der Waals surface area contributed by atoms with Gasteiger partial charge in [-0.05, 0) is 76.6 Å². The van der Waals surface area contributed by atoms with Gasteiger partial charge in [-0.1, -0.05) is 17.7 Å². The van der Waals surface area contributed by atoms with Gasteiger partial charge in [0.1, 0.15) is 5.82 Å². The second-order valence-corrected chi connectivity index (χ2v) is 8.69. The summed E-state index contributed by atoms with van der Waals surface area (Å²) in [6.07, 6.45) is 0. The first-order valence-electron chi connectivity index (χ1n) is 7.89. The number of carbonyl (C=O) groups excluding carboxylic acids is 1. The molecule has 0 heterocycles. The molecule has 0 unspecified atom stereocenters. The van der Waals surface area contributed by atoms with Crippen molar-refractivity contribution in [1.29, 1.82) is 0 Å². The number of hydrogen-bond acceptors (Lipinski definition) is 3. The van der Waals surface area contributed by atoms with Gasteiger partial charge in [-0.3, -0.25) is 9.52 Å². The lowest BCUT2D eigenvalue weighted by Crippen LogP contribution is -2.15. The molecule has 0 saturated carbocycles. The molecule has 0 aliphatic heterocycles. The largest absolute Gasteiger partial charge is 0.322 e. The molecule has 0 saturated heterocycles. The van der Waals surface area contributed by atoms with E-state index in [9.17, 15) is 17.6 Å². The quantitative estimate of drug-likeness (QED) is 0.517. The molecule has 0 aromatic heterocycles. The number of anilines is 2. The molecule has 9 heteroatoms. The fourth-order valence-electron chi connectivity index (χ4n) is 2.34. The summed E-state index contributed by atoms with van der Waals surface area (Å²) >= 11 is 8.99. The number of carbonyl (C=O) groups is 1. The Morgan fingerprint density at radius 1 is 0.964 bits per heavy atom. The van der Waals surface area contributed by atoms with E-state index >= 15 is 0 Å². The van der Waals surface area contributed by atoms with Crippen LogP contribution in [0.2, 0.25) is 5.02 Å². The highest BCUT2D eigenvalue weighted by atomic mass is 79.9. The van der Waals surface area contributed by atoms with Gasteiger partial charge in [0.15, 0.2) is 0 Å². The van der Waals surface area contributed by atoms with E-state index in [1.807, 2.05) is 0 Å². The maximum absolute atomic E-state index is 13.4. The van der Waals surface area contributed by atoms with Gasteiger partial charge in [-0.25, -0.2) is 12.8 Å². The van der Waals surface area contributed by atoms with Crippen molar-refractivity contribution in [3.63, 3.8) is 0 Å². The lowest BCUT2D eigenvalue weighted by molar-refractivity contribution is 0.102. The van der Waals surface area contributed by atoms with Crippen LogP contribution in [-0.4, -0.2) is 14.3 Å². The molecule has 3 aromatic carbocycles. The molecule has 1 amide bonds. The molecule has 2 N–H and O–H groups in total. The molecule has 144 valence electrons. The van der Waals surface area contributed by atoms with Crippen molar-refractivity contribution in [2.45, 2.75) is 4.90 Å². The van der Waals surface area contributed by atoms with Gasteiger partial charge in [0.2, 0.25) is 0 Å². The zero-order valence-electron chi connectivity index (χ0n) is 14.1. The molecular weight excluding hydrogens is 471 g/mol. The normalized spacial score (nSPS) is 11.1. The van der Waals surface area contributed by atoms with Crippen molar-refractivity contribution in [1.82, 2.24) is 0 Å². The molecular formula is C19H13BrClFN2O3S. The van der Waals surface area contributed by atoms with Crippen molar-refractivity contribution >= 4 is 54.8 Å². The summed E-state index contributed by atoms with van der Waals surface area (Å²) in [5, 5.41) is 3.05. The van der Waals surface area contributed by atoms with Crippen molar-refractivity contribution in [2.24, 2.45) is 0 Å². The lowest BCUT2D eigenvalue weighted by atomic mass is 10.2. The van der Waals surface area contributed by atoms with E-state index in [1.54, 1.807) is 12.1 Å². The smallest absolute Gasteiger partial charge is 0.261 e. The Balaban J connectivity index is 1.82. The second kappa shape index (κ2) is 8.30. The van der Waals surface area contributed by atoms with Crippen LogP contribution < -0.4 is 10.0 Å². The summed E-state index contributed by atoms with van der Waals surface area (Å²) in [5.74, 6) is -1.14. The van der Waals surface area contributed by atoms with Crippen LogP contribution in [0.5, 0.6) is 0 Å². The first kappa shape index (κ1) is 20.3. The van der Waals surface area contributed by atoms with Crippen LogP contribution in [-0.2, 0) is 10.0 Å². The molecule has 0 spiro atoms. The number of rotatable bonds is 5. The van der Waals surface area contributed by atoms with E-state index in [-0.39, 0.29) is 16.1 Å². The number of benzene rings is 3. The first-order chi connectivity index (χ1) is 13.2. The Kier molecular flexibility index (Phi) is 6.02. The number of hydrogen-bond donors (Lipinski definition) is 2. The van der Waals surface area contributed by atoms with Crippen LogP contribution in [0.4, 0.5) is 15.8 Å². The molecule has 0 bridgehead atoms. The summed E-state index contributed by atoms with van der Waals surface area (Å²) in [7, 11) is -3.88. The predicted octanol–water partition coefficient (Wildman–Crippen LogP) is 5.29. The van der Waals surface area contributed by atoms with Gasteiger partial charge in [-0.15, -0.1) is 0 Å². The van der Waals surface area contributed by atoms with Gasteiger partial charge in [0, 0.05) is 20.9 Å². The van der Waals surface area contributed by atoms with E-state index in [1.165, 1.54) is 48.5 Å². The zero-order chi connectivity index (χ0) is 20.3. The Hall–Kier alpha value is -2.42. The van der Waals surface area contributed by atoms with E-state index in [2.05, 4.69) is 26.0 Å². The average Bonchev–Trinajstić information content (AvgIpc) is 2.65. The third kappa shape index (κ3) is 4.89. The zero-order valence-corrected chi connectivity index (χ0v) is 17.3. The van der Waals surface area contributed by atoms with Crippen LogP contribution in [0.1, 0.15) is 10.4 Å². The maximum Gasteiger partial charge on any atom is 0.261 e. The molecule has 0 fully saturated rings. The van der Waals surface area contributed by atoms with Crippen LogP contribution in [0.25, 0.3) is 0 Å². The van der Waals surface area contributed by atoms with Gasteiger partial charge < -0.3 is 5.32 Å². The van der Waals surface area contributed by atoms with Crippen molar-refractivity contribution in [3.8, 4) is 0 Å². The van der Waals surface area contributed by atoms with Crippen LogP contribution in [0, 0.1) is 5.82 Å². The lowest BCUT2D eigenvalue weighted by Gasteiger charge is -2.11. The van der Waals surface area contributed by atoms with Gasteiger partial charge in [0.05, 0.1) is 10.5 Å². The maximum atomic E-state index is 13.4. The highest BCUT2D eigenvalue weighted by Gasteiger charge is 2.16. The Bertz CT molecular complexity index is 1140. The SMILES string of the molecule is O=C(Nc1cccc(S(=O)(=O)Nc2ccc(Cl)cc2)c1)c1cc(F)ccc1Br. The van der Waals surface area contributed by atoms with Crippen molar-refractivity contribution < 1.29 is 17.6 Å². The van der Waals surface area contributed by atoms with Gasteiger partial charge in [-0.2, -0.15) is 0 Å². The molecule has 3 rings (SSSR count). The fourth-order valence-corrected chi connectivity index (χ4v) is 4.00. The molecule has 28 heavy (non-hydrogen) atoms. The Morgan fingerprint density at radius 2 is 1.68 bits per heavy atom. The van der Waals surface area contributed by atoms with Crippen molar-refractivity contribution in [3.05, 3.63) is 87.6 Å². The minimum atomic E-state index is -3.88. The number of nitrogens with one attached hydrogen (secondary N) is 2. The summed E-state index contributed by atoms with van der Waals surface area (Å²) in [6, 6.07) is 15.6. The summed E-state index contributed by atoms with van der Waals surface area (Å²) in [6.45, 7) is 0. The molecule has 5 nitrogen and oxygen atoms in total. The molecule has 0 radical (unpaired) electrons. The minimum Gasteiger partial charge on any atom is -0.322 e. The average molecular weight is 484 g/mol.